The van der Waals surface area contributed by atoms with E-state index in [0.29, 0.717) is 11.4 Å². The summed E-state index contributed by atoms with van der Waals surface area (Å²) in [6, 6.07) is 7.09. The second kappa shape index (κ2) is 7.54. The number of halogens is 4. The van der Waals surface area contributed by atoms with Crippen molar-refractivity contribution in [2.75, 3.05) is 18.5 Å². The van der Waals surface area contributed by atoms with Crippen molar-refractivity contribution in [2.24, 2.45) is 0 Å². The Morgan fingerprint density at radius 3 is 2.83 bits per heavy atom. The molecule has 0 saturated carbocycles. The van der Waals surface area contributed by atoms with Crippen molar-refractivity contribution in [2.45, 2.75) is 12.9 Å². The van der Waals surface area contributed by atoms with Crippen molar-refractivity contribution in [1.29, 1.82) is 0 Å². The number of benzene rings is 1. The van der Waals surface area contributed by atoms with Gasteiger partial charge in [-0.15, -0.1) is 13.2 Å². The Kier molecular flexibility index (Phi) is 5.46. The maximum atomic E-state index is 12.1. The molecule has 1 N–H and O–H groups in total. The van der Waals surface area contributed by atoms with Crippen LogP contribution in [0.2, 0.25) is 0 Å². The smallest absolute Gasteiger partial charge is 0.406 e. The molecule has 2 aromatic rings. The number of aromatic nitrogens is 2. The second-order valence-electron chi connectivity index (χ2n) is 4.38. The molecule has 4 nitrogen and oxygen atoms in total. The van der Waals surface area contributed by atoms with Crippen LogP contribution in [0.3, 0.4) is 0 Å². The Bertz CT molecular complexity index is 700. The van der Waals surface area contributed by atoms with Crippen LogP contribution in [0.4, 0.5) is 23.4 Å². The first-order valence-electron chi connectivity index (χ1n) is 6.64. The fraction of sp³-hybridized carbons (Fsp3) is 0.267. The normalized spacial score (nSPS) is 10.8. The van der Waals surface area contributed by atoms with Gasteiger partial charge < -0.3 is 10.1 Å². The first kappa shape index (κ1) is 16.7. The summed E-state index contributed by atoms with van der Waals surface area (Å²) >= 11 is 0. The maximum Gasteiger partial charge on any atom is 0.573 e. The van der Waals surface area contributed by atoms with Crippen molar-refractivity contribution in [3.05, 3.63) is 42.1 Å². The lowest BCUT2D eigenvalue weighted by atomic mass is 10.2. The summed E-state index contributed by atoms with van der Waals surface area (Å²) in [4.78, 5) is 0. The third kappa shape index (κ3) is 5.90. The van der Waals surface area contributed by atoms with Gasteiger partial charge in [-0.2, -0.15) is 5.10 Å². The Balaban J connectivity index is 1.90. The van der Waals surface area contributed by atoms with Gasteiger partial charge in [-0.1, -0.05) is 17.9 Å². The van der Waals surface area contributed by atoms with Crippen LogP contribution in [0.5, 0.6) is 5.75 Å². The molecule has 0 atom stereocenters. The lowest BCUT2D eigenvalue weighted by Crippen LogP contribution is -2.17. The minimum Gasteiger partial charge on any atom is -0.406 e. The van der Waals surface area contributed by atoms with Gasteiger partial charge in [0.1, 0.15) is 18.2 Å². The highest BCUT2D eigenvalue weighted by Crippen LogP contribution is 2.22. The highest BCUT2D eigenvalue weighted by Gasteiger charge is 2.30. The third-order valence-electron chi connectivity index (χ3n) is 2.61. The van der Waals surface area contributed by atoms with E-state index >= 15 is 0 Å². The van der Waals surface area contributed by atoms with Crippen LogP contribution in [-0.4, -0.2) is 29.4 Å². The van der Waals surface area contributed by atoms with Gasteiger partial charge in [0.2, 0.25) is 0 Å². The molecule has 0 bridgehead atoms. The van der Waals surface area contributed by atoms with E-state index in [1.54, 1.807) is 18.3 Å². The van der Waals surface area contributed by atoms with Gasteiger partial charge in [-0.3, -0.25) is 4.68 Å². The zero-order valence-electron chi connectivity index (χ0n) is 11.9. The van der Waals surface area contributed by atoms with Gasteiger partial charge in [-0.05, 0) is 18.2 Å². The first-order chi connectivity index (χ1) is 11.0. The largest absolute Gasteiger partial charge is 0.573 e. The highest BCUT2D eigenvalue weighted by atomic mass is 19.4. The topological polar surface area (TPSA) is 39.1 Å². The summed E-state index contributed by atoms with van der Waals surface area (Å²) in [5, 5.41) is 6.96. The third-order valence-corrected chi connectivity index (χ3v) is 2.61. The summed E-state index contributed by atoms with van der Waals surface area (Å²) in [6.07, 6.45) is -3.10. The van der Waals surface area contributed by atoms with Crippen LogP contribution in [0, 0.1) is 11.8 Å². The molecule has 0 radical (unpaired) electrons. The molecule has 0 amide bonds. The predicted octanol–water partition coefficient (Wildman–Crippen LogP) is 3.21. The Morgan fingerprint density at radius 1 is 1.26 bits per heavy atom. The first-order valence-corrected chi connectivity index (χ1v) is 6.64. The Labute approximate surface area is 130 Å². The average Bonchev–Trinajstić information content (AvgIpc) is 2.90. The van der Waals surface area contributed by atoms with Gasteiger partial charge in [0.25, 0.3) is 0 Å². The number of alkyl halides is 4. The van der Waals surface area contributed by atoms with E-state index in [1.165, 1.54) is 22.9 Å². The number of ether oxygens (including phenoxy) is 1. The molecule has 0 saturated heterocycles. The lowest BCUT2D eigenvalue weighted by Gasteiger charge is -2.08. The monoisotopic (exact) mass is 327 g/mol. The molecular weight excluding hydrogens is 314 g/mol. The minimum atomic E-state index is -4.73. The van der Waals surface area contributed by atoms with E-state index in [1.807, 2.05) is 0 Å². The summed E-state index contributed by atoms with van der Waals surface area (Å²) in [6.45, 7) is -0.0758. The molecule has 0 unspecified atom stereocenters. The number of rotatable bonds is 5. The van der Waals surface area contributed by atoms with Crippen LogP contribution >= 0.6 is 0 Å². The van der Waals surface area contributed by atoms with Crippen LogP contribution in [-0.2, 0) is 6.54 Å². The van der Waals surface area contributed by atoms with Crippen LogP contribution < -0.4 is 10.1 Å². The fourth-order valence-corrected chi connectivity index (χ4v) is 1.72. The second-order valence-corrected chi connectivity index (χ2v) is 4.38. The number of hydrogen-bond acceptors (Lipinski definition) is 3. The minimum absolute atomic E-state index is 0.180. The van der Waals surface area contributed by atoms with Crippen molar-refractivity contribution in [3.63, 3.8) is 0 Å². The van der Waals surface area contributed by atoms with Crippen LogP contribution in [0.25, 0.3) is 0 Å². The fourth-order valence-electron chi connectivity index (χ4n) is 1.72. The molecule has 0 aliphatic rings. The van der Waals surface area contributed by atoms with Gasteiger partial charge in [-0.25, -0.2) is 4.39 Å². The van der Waals surface area contributed by atoms with E-state index in [4.69, 9.17) is 0 Å². The van der Waals surface area contributed by atoms with E-state index in [2.05, 4.69) is 27.0 Å². The highest BCUT2D eigenvalue weighted by molar-refractivity contribution is 5.41. The SMILES string of the molecule is FCCn1ccc(NCC#Cc2cccc(OC(F)(F)F)c2)n1. The number of hydrogen-bond donors (Lipinski definition) is 1. The zero-order chi connectivity index (χ0) is 16.7. The molecule has 23 heavy (non-hydrogen) atoms. The summed E-state index contributed by atoms with van der Waals surface area (Å²) in [7, 11) is 0. The van der Waals surface area contributed by atoms with Crippen LogP contribution in [0.15, 0.2) is 36.5 Å². The number of nitrogens with one attached hydrogen (secondary N) is 1. The van der Waals surface area contributed by atoms with Gasteiger partial charge >= 0.3 is 6.36 Å². The average molecular weight is 327 g/mol. The number of aryl methyl sites for hydroxylation is 1. The van der Waals surface area contributed by atoms with E-state index in [-0.39, 0.29) is 18.8 Å². The van der Waals surface area contributed by atoms with Crippen molar-refractivity contribution >= 4 is 5.82 Å². The summed E-state index contributed by atoms with van der Waals surface area (Å²) < 4.78 is 53.8. The molecule has 1 heterocycles. The Morgan fingerprint density at radius 2 is 2.09 bits per heavy atom. The molecular formula is C15H13F4N3O. The lowest BCUT2D eigenvalue weighted by molar-refractivity contribution is -0.274. The molecule has 1 aromatic carbocycles. The summed E-state index contributed by atoms with van der Waals surface area (Å²) in [5.74, 6) is 5.70. The molecule has 1 aromatic heterocycles. The Hall–Kier alpha value is -2.69. The van der Waals surface area contributed by atoms with Crippen LogP contribution in [0.1, 0.15) is 5.56 Å². The molecule has 8 heteroatoms. The van der Waals surface area contributed by atoms with Gasteiger partial charge in [0.15, 0.2) is 0 Å². The van der Waals surface area contributed by atoms with Crippen molar-refractivity contribution < 1.29 is 22.3 Å². The van der Waals surface area contributed by atoms with E-state index < -0.39 is 13.0 Å². The molecule has 0 aliphatic carbocycles. The molecule has 0 spiro atoms. The maximum absolute atomic E-state index is 12.1. The van der Waals surface area contributed by atoms with Crippen molar-refractivity contribution in [3.8, 4) is 17.6 Å². The van der Waals surface area contributed by atoms with E-state index in [0.717, 1.165) is 0 Å². The van der Waals surface area contributed by atoms with E-state index in [9.17, 15) is 17.6 Å². The number of nitrogens with zero attached hydrogens (tertiary/aromatic N) is 2. The molecule has 0 aliphatic heterocycles. The van der Waals surface area contributed by atoms with Gasteiger partial charge in [0.05, 0.1) is 13.1 Å². The predicted molar refractivity (Wildman–Crippen MR) is 76.7 cm³/mol. The number of anilines is 1. The molecule has 2 rings (SSSR count). The van der Waals surface area contributed by atoms with Gasteiger partial charge in [0, 0.05) is 17.8 Å². The van der Waals surface area contributed by atoms with Crippen molar-refractivity contribution in [1.82, 2.24) is 9.78 Å². The standard InChI is InChI=1S/C15H13F4N3O/c16-7-10-22-9-6-14(21-22)20-8-2-4-12-3-1-5-13(11-12)23-15(17,18)19/h1,3,5-6,9,11H,7-8,10H2,(H,20,21). The quantitative estimate of drug-likeness (QED) is 0.677. The molecule has 0 fully saturated rings. The summed E-state index contributed by atoms with van der Waals surface area (Å²) in [5.41, 5.74) is 0.400. The zero-order valence-corrected chi connectivity index (χ0v) is 11.9. The molecule has 122 valence electrons.